The molecule has 0 aliphatic carbocycles. The van der Waals surface area contributed by atoms with Crippen LogP contribution in [0.25, 0.3) is 0 Å². The average Bonchev–Trinajstić information content (AvgIpc) is 2.46. The predicted molar refractivity (Wildman–Crippen MR) is 86.1 cm³/mol. The first-order valence-corrected chi connectivity index (χ1v) is 7.36. The Balaban J connectivity index is 1.94. The molecular weight excluding hydrogens is 282 g/mol. The lowest BCUT2D eigenvalue weighted by atomic mass is 10.2. The van der Waals surface area contributed by atoms with Crippen molar-refractivity contribution in [2.45, 2.75) is 11.8 Å². The summed E-state index contributed by atoms with van der Waals surface area (Å²) in [6.45, 7) is 1.97. The van der Waals surface area contributed by atoms with Gasteiger partial charge < -0.3 is 11.1 Å². The molecule has 0 heterocycles. The summed E-state index contributed by atoms with van der Waals surface area (Å²) in [5.74, 6) is 0.138. The maximum Gasteiger partial charge on any atom is 0.234 e. The highest BCUT2D eigenvalue weighted by molar-refractivity contribution is 8.00. The number of thioether (sulfide) groups is 1. The van der Waals surface area contributed by atoms with E-state index in [1.54, 1.807) is 24.3 Å². The molecule has 2 rings (SSSR count). The van der Waals surface area contributed by atoms with Gasteiger partial charge in [-0.05, 0) is 42.8 Å². The summed E-state index contributed by atoms with van der Waals surface area (Å²) >= 11 is 1.39. The minimum atomic E-state index is -0.130. The van der Waals surface area contributed by atoms with E-state index < -0.39 is 0 Å². The zero-order valence-electron chi connectivity index (χ0n) is 11.6. The molecular formula is C16H15N3OS. The minimum absolute atomic E-state index is 0.130. The van der Waals surface area contributed by atoms with Gasteiger partial charge in [0.2, 0.25) is 5.91 Å². The lowest BCUT2D eigenvalue weighted by Crippen LogP contribution is -2.14. The Morgan fingerprint density at radius 1 is 1.33 bits per heavy atom. The van der Waals surface area contributed by atoms with Crippen LogP contribution >= 0.6 is 11.8 Å². The molecule has 106 valence electrons. The number of benzene rings is 2. The third kappa shape index (κ3) is 4.26. The molecule has 0 radical (unpaired) electrons. The average molecular weight is 297 g/mol. The first kappa shape index (κ1) is 14.9. The fraction of sp³-hybridized carbons (Fsp3) is 0.125. The first-order chi connectivity index (χ1) is 10.1. The van der Waals surface area contributed by atoms with Crippen LogP contribution in [0.1, 0.15) is 11.1 Å². The zero-order valence-corrected chi connectivity index (χ0v) is 12.4. The number of hydrogen-bond acceptors (Lipinski definition) is 4. The number of hydrogen-bond donors (Lipinski definition) is 2. The minimum Gasteiger partial charge on any atom is -0.398 e. The Kier molecular flexibility index (Phi) is 4.85. The van der Waals surface area contributed by atoms with Crippen molar-refractivity contribution in [2.75, 3.05) is 16.8 Å². The largest absolute Gasteiger partial charge is 0.398 e. The Morgan fingerprint density at radius 3 is 2.86 bits per heavy atom. The van der Waals surface area contributed by atoms with E-state index >= 15 is 0 Å². The van der Waals surface area contributed by atoms with Gasteiger partial charge in [-0.1, -0.05) is 12.1 Å². The predicted octanol–water partition coefficient (Wildman–Crippen LogP) is 3.18. The third-order valence-electron chi connectivity index (χ3n) is 2.80. The molecule has 0 saturated heterocycles. The van der Waals surface area contributed by atoms with Crippen molar-refractivity contribution >= 4 is 29.0 Å². The molecule has 0 bridgehead atoms. The number of nitrogens with two attached hydrogens (primary N) is 1. The number of rotatable bonds is 4. The molecule has 0 saturated carbocycles. The van der Waals surface area contributed by atoms with Gasteiger partial charge in [0, 0.05) is 16.3 Å². The van der Waals surface area contributed by atoms with Crippen LogP contribution in [0.5, 0.6) is 0 Å². The number of carbonyl (C=O) groups is 1. The first-order valence-electron chi connectivity index (χ1n) is 6.37. The van der Waals surface area contributed by atoms with Crippen molar-refractivity contribution in [2.24, 2.45) is 0 Å². The van der Waals surface area contributed by atoms with Gasteiger partial charge in [-0.25, -0.2) is 0 Å². The van der Waals surface area contributed by atoms with Gasteiger partial charge in [0.15, 0.2) is 0 Å². The normalized spacial score (nSPS) is 9.90. The number of aryl methyl sites for hydroxylation is 1. The Morgan fingerprint density at radius 2 is 2.14 bits per heavy atom. The van der Waals surface area contributed by atoms with E-state index in [4.69, 9.17) is 11.0 Å². The van der Waals surface area contributed by atoms with Crippen molar-refractivity contribution in [1.82, 2.24) is 0 Å². The van der Waals surface area contributed by atoms with Crippen LogP contribution in [0.2, 0.25) is 0 Å². The molecule has 1 amide bonds. The molecule has 0 aliphatic heterocycles. The number of nitrogens with zero attached hydrogens (tertiary/aromatic N) is 1. The Bertz CT molecular complexity index is 707. The standard InChI is InChI=1S/C16H15N3OS/c1-11-5-6-15(14(18)7-11)21-10-16(20)19-13-4-2-3-12(8-13)9-17/h2-8H,10,18H2,1H3,(H,19,20). The van der Waals surface area contributed by atoms with Gasteiger partial charge in [0.1, 0.15) is 0 Å². The molecule has 2 aromatic rings. The number of carbonyl (C=O) groups excluding carboxylic acids is 1. The van der Waals surface area contributed by atoms with E-state index in [9.17, 15) is 4.79 Å². The van der Waals surface area contributed by atoms with Gasteiger partial charge in [0.25, 0.3) is 0 Å². The molecule has 4 nitrogen and oxygen atoms in total. The van der Waals surface area contributed by atoms with Crippen LogP contribution in [0.4, 0.5) is 11.4 Å². The SMILES string of the molecule is Cc1ccc(SCC(=O)Nc2cccc(C#N)c2)c(N)c1. The highest BCUT2D eigenvalue weighted by atomic mass is 32.2. The van der Waals surface area contributed by atoms with Gasteiger partial charge in [0.05, 0.1) is 17.4 Å². The molecule has 0 aromatic heterocycles. The number of nitriles is 1. The second kappa shape index (κ2) is 6.82. The Labute approximate surface area is 128 Å². The number of amides is 1. The van der Waals surface area contributed by atoms with Crippen molar-refractivity contribution in [3.63, 3.8) is 0 Å². The van der Waals surface area contributed by atoms with Crippen LogP contribution < -0.4 is 11.1 Å². The molecule has 2 aromatic carbocycles. The molecule has 5 heteroatoms. The molecule has 0 unspecified atom stereocenters. The van der Waals surface area contributed by atoms with Gasteiger partial charge in [-0.3, -0.25) is 4.79 Å². The maximum atomic E-state index is 11.9. The van der Waals surface area contributed by atoms with Crippen molar-refractivity contribution < 1.29 is 4.79 Å². The lowest BCUT2D eigenvalue weighted by molar-refractivity contribution is -0.113. The summed E-state index contributed by atoms with van der Waals surface area (Å²) in [6, 6.07) is 14.6. The maximum absolute atomic E-state index is 11.9. The van der Waals surface area contributed by atoms with Crippen LogP contribution in [0.3, 0.4) is 0 Å². The number of nitrogen functional groups attached to an aromatic ring is 1. The van der Waals surface area contributed by atoms with Crippen molar-refractivity contribution in [1.29, 1.82) is 5.26 Å². The summed E-state index contributed by atoms with van der Waals surface area (Å²) in [7, 11) is 0. The van der Waals surface area contributed by atoms with Gasteiger partial charge in [-0.15, -0.1) is 11.8 Å². The van der Waals surface area contributed by atoms with E-state index in [1.165, 1.54) is 11.8 Å². The highest BCUT2D eigenvalue weighted by Crippen LogP contribution is 2.25. The van der Waals surface area contributed by atoms with E-state index in [0.29, 0.717) is 16.9 Å². The Hall–Kier alpha value is -2.45. The van der Waals surface area contributed by atoms with Gasteiger partial charge in [-0.2, -0.15) is 5.26 Å². The summed E-state index contributed by atoms with van der Waals surface area (Å²) in [6.07, 6.45) is 0. The van der Waals surface area contributed by atoms with Crippen molar-refractivity contribution in [3.05, 3.63) is 53.6 Å². The second-order valence-corrected chi connectivity index (χ2v) is 5.59. The van der Waals surface area contributed by atoms with Crippen LogP contribution in [-0.2, 0) is 4.79 Å². The molecule has 0 atom stereocenters. The van der Waals surface area contributed by atoms with Gasteiger partial charge >= 0.3 is 0 Å². The summed E-state index contributed by atoms with van der Waals surface area (Å²) < 4.78 is 0. The molecule has 21 heavy (non-hydrogen) atoms. The third-order valence-corrected chi connectivity index (χ3v) is 3.89. The van der Waals surface area contributed by atoms with Crippen LogP contribution in [0.15, 0.2) is 47.4 Å². The van der Waals surface area contributed by atoms with E-state index in [2.05, 4.69) is 5.32 Å². The summed E-state index contributed by atoms with van der Waals surface area (Å²) in [5, 5.41) is 11.6. The topological polar surface area (TPSA) is 78.9 Å². The molecule has 0 spiro atoms. The van der Waals surface area contributed by atoms with E-state index in [-0.39, 0.29) is 11.7 Å². The molecule has 0 fully saturated rings. The number of nitrogens with one attached hydrogen (secondary N) is 1. The lowest BCUT2D eigenvalue weighted by Gasteiger charge is -2.07. The van der Waals surface area contributed by atoms with Crippen molar-refractivity contribution in [3.8, 4) is 6.07 Å². The quantitative estimate of drug-likeness (QED) is 0.671. The zero-order chi connectivity index (χ0) is 15.2. The fourth-order valence-electron chi connectivity index (χ4n) is 1.81. The fourth-order valence-corrected chi connectivity index (χ4v) is 2.55. The summed E-state index contributed by atoms with van der Waals surface area (Å²) in [4.78, 5) is 12.8. The van der Waals surface area contributed by atoms with Crippen LogP contribution in [-0.4, -0.2) is 11.7 Å². The van der Waals surface area contributed by atoms with E-state index in [1.807, 2.05) is 31.2 Å². The number of anilines is 2. The molecule has 3 N–H and O–H groups in total. The monoisotopic (exact) mass is 297 g/mol. The van der Waals surface area contributed by atoms with E-state index in [0.717, 1.165) is 10.5 Å². The summed E-state index contributed by atoms with van der Waals surface area (Å²) in [5.41, 5.74) is 8.82. The molecule has 0 aliphatic rings. The highest BCUT2D eigenvalue weighted by Gasteiger charge is 2.06. The van der Waals surface area contributed by atoms with Crippen LogP contribution in [0, 0.1) is 18.3 Å². The smallest absolute Gasteiger partial charge is 0.234 e. The second-order valence-electron chi connectivity index (χ2n) is 4.57.